The Hall–Kier alpha value is -2.95. The van der Waals surface area contributed by atoms with Crippen molar-refractivity contribution in [1.82, 2.24) is 9.97 Å². The second-order valence-electron chi connectivity index (χ2n) is 4.21. The van der Waals surface area contributed by atoms with Crippen LogP contribution < -0.4 is 5.32 Å². The number of nitrogens with zero attached hydrogens (tertiary/aromatic N) is 2. The molecule has 0 spiro atoms. The zero-order valence-electron chi connectivity index (χ0n) is 10.4. The van der Waals surface area contributed by atoms with E-state index in [1.54, 1.807) is 42.6 Å². The Morgan fingerprint density at radius 3 is 2.75 bits per heavy atom. The molecule has 3 aromatic rings. The van der Waals surface area contributed by atoms with Crippen molar-refractivity contribution in [3.63, 3.8) is 0 Å². The molecule has 0 atom stereocenters. The Kier molecular flexibility index (Phi) is 3.01. The molecule has 0 aliphatic carbocycles. The lowest BCUT2D eigenvalue weighted by molar-refractivity contribution is 0.102. The predicted octanol–water partition coefficient (Wildman–Crippen LogP) is 2.59. The summed E-state index contributed by atoms with van der Waals surface area (Å²) in [6.45, 7) is 0. The van der Waals surface area contributed by atoms with Crippen LogP contribution in [0.2, 0.25) is 0 Å². The van der Waals surface area contributed by atoms with Crippen molar-refractivity contribution >= 4 is 22.6 Å². The van der Waals surface area contributed by atoms with Gasteiger partial charge < -0.3 is 10.4 Å². The van der Waals surface area contributed by atoms with Crippen LogP contribution in [0.3, 0.4) is 0 Å². The fourth-order valence-electron chi connectivity index (χ4n) is 1.87. The first-order valence-corrected chi connectivity index (χ1v) is 6.05. The number of hydrogen-bond donors (Lipinski definition) is 2. The summed E-state index contributed by atoms with van der Waals surface area (Å²) in [5.41, 5.74) is 0.630. The van der Waals surface area contributed by atoms with Crippen LogP contribution in [0.4, 0.5) is 5.82 Å². The third-order valence-electron chi connectivity index (χ3n) is 2.84. The molecule has 5 heteroatoms. The van der Waals surface area contributed by atoms with E-state index in [1.807, 2.05) is 6.07 Å². The highest BCUT2D eigenvalue weighted by atomic mass is 16.3. The molecule has 3 rings (SSSR count). The van der Waals surface area contributed by atoms with Crippen LogP contribution >= 0.6 is 0 Å². The van der Waals surface area contributed by atoms with Gasteiger partial charge in [0.25, 0.3) is 5.91 Å². The van der Waals surface area contributed by atoms with Gasteiger partial charge in [-0.05, 0) is 24.3 Å². The predicted molar refractivity (Wildman–Crippen MR) is 75.6 cm³/mol. The van der Waals surface area contributed by atoms with Crippen molar-refractivity contribution < 1.29 is 9.90 Å². The second kappa shape index (κ2) is 4.97. The lowest BCUT2D eigenvalue weighted by atomic mass is 10.2. The molecule has 20 heavy (non-hydrogen) atoms. The number of hydrogen-bond acceptors (Lipinski definition) is 4. The van der Waals surface area contributed by atoms with Gasteiger partial charge in [-0.1, -0.05) is 24.3 Å². The Balaban J connectivity index is 1.94. The SMILES string of the molecule is O=C(Nc1ccccn1)c1ccc2cccc(O)c2n1. The van der Waals surface area contributed by atoms with Crippen LogP contribution in [-0.2, 0) is 0 Å². The average Bonchev–Trinajstić information content (AvgIpc) is 2.48. The van der Waals surface area contributed by atoms with Gasteiger partial charge in [-0.2, -0.15) is 0 Å². The van der Waals surface area contributed by atoms with Gasteiger partial charge in [-0.3, -0.25) is 4.79 Å². The van der Waals surface area contributed by atoms with Gasteiger partial charge in [0, 0.05) is 11.6 Å². The van der Waals surface area contributed by atoms with Crippen LogP contribution in [-0.4, -0.2) is 21.0 Å². The molecule has 0 aliphatic rings. The molecule has 0 bridgehead atoms. The highest BCUT2D eigenvalue weighted by Crippen LogP contribution is 2.22. The van der Waals surface area contributed by atoms with E-state index in [4.69, 9.17) is 0 Å². The highest BCUT2D eigenvalue weighted by molar-refractivity contribution is 6.03. The van der Waals surface area contributed by atoms with E-state index in [-0.39, 0.29) is 17.4 Å². The van der Waals surface area contributed by atoms with E-state index in [1.165, 1.54) is 6.07 Å². The monoisotopic (exact) mass is 265 g/mol. The number of fused-ring (bicyclic) bond motifs is 1. The summed E-state index contributed by atoms with van der Waals surface area (Å²) in [6, 6.07) is 13.7. The first-order valence-electron chi connectivity index (χ1n) is 6.05. The standard InChI is InChI=1S/C15H11N3O2/c19-12-5-3-4-10-7-8-11(17-14(10)12)15(20)18-13-6-1-2-9-16-13/h1-9,19H,(H,16,18,20). The number of rotatable bonds is 2. The maximum Gasteiger partial charge on any atom is 0.275 e. The number of carbonyl (C=O) groups excluding carboxylic acids is 1. The number of aromatic hydroxyl groups is 1. The molecule has 0 fully saturated rings. The van der Waals surface area contributed by atoms with Crippen LogP contribution in [0, 0.1) is 0 Å². The van der Waals surface area contributed by atoms with Crippen molar-refractivity contribution in [1.29, 1.82) is 0 Å². The number of carbonyl (C=O) groups is 1. The van der Waals surface area contributed by atoms with Crippen molar-refractivity contribution in [2.45, 2.75) is 0 Å². The zero-order valence-corrected chi connectivity index (χ0v) is 10.4. The second-order valence-corrected chi connectivity index (χ2v) is 4.21. The third kappa shape index (κ3) is 2.29. The van der Waals surface area contributed by atoms with Crippen molar-refractivity contribution in [3.05, 3.63) is 60.4 Å². The van der Waals surface area contributed by atoms with Crippen molar-refractivity contribution in [3.8, 4) is 5.75 Å². The Morgan fingerprint density at radius 2 is 1.95 bits per heavy atom. The quantitative estimate of drug-likeness (QED) is 0.746. The van der Waals surface area contributed by atoms with Gasteiger partial charge in [-0.25, -0.2) is 9.97 Å². The van der Waals surface area contributed by atoms with Crippen LogP contribution in [0.5, 0.6) is 5.75 Å². The van der Waals surface area contributed by atoms with E-state index in [0.717, 1.165) is 5.39 Å². The number of anilines is 1. The number of phenolic OH excluding ortho intramolecular Hbond substituents is 1. The first-order chi connectivity index (χ1) is 9.74. The number of pyridine rings is 2. The van der Waals surface area contributed by atoms with Gasteiger partial charge in [0.05, 0.1) is 0 Å². The van der Waals surface area contributed by atoms with E-state index in [2.05, 4.69) is 15.3 Å². The van der Waals surface area contributed by atoms with Gasteiger partial charge >= 0.3 is 0 Å². The van der Waals surface area contributed by atoms with E-state index in [0.29, 0.717) is 11.3 Å². The molecule has 5 nitrogen and oxygen atoms in total. The van der Waals surface area contributed by atoms with E-state index < -0.39 is 0 Å². The molecule has 1 aromatic carbocycles. The van der Waals surface area contributed by atoms with Crippen molar-refractivity contribution in [2.75, 3.05) is 5.32 Å². The topological polar surface area (TPSA) is 75.1 Å². The number of nitrogens with one attached hydrogen (secondary N) is 1. The summed E-state index contributed by atoms with van der Waals surface area (Å²) < 4.78 is 0. The largest absolute Gasteiger partial charge is 0.506 e. The molecular formula is C15H11N3O2. The normalized spacial score (nSPS) is 10.4. The van der Waals surface area contributed by atoms with Crippen molar-refractivity contribution in [2.24, 2.45) is 0 Å². The molecule has 0 saturated carbocycles. The molecular weight excluding hydrogens is 254 g/mol. The van der Waals surface area contributed by atoms with Crippen LogP contribution in [0.1, 0.15) is 10.5 Å². The molecule has 0 radical (unpaired) electrons. The Bertz CT molecular complexity index is 772. The summed E-state index contributed by atoms with van der Waals surface area (Å²) in [5.74, 6) is 0.139. The lowest BCUT2D eigenvalue weighted by Crippen LogP contribution is -2.14. The molecule has 0 saturated heterocycles. The van der Waals surface area contributed by atoms with Gasteiger partial charge in [0.15, 0.2) is 0 Å². The summed E-state index contributed by atoms with van der Waals surface area (Å²) in [5, 5.41) is 13.2. The number of aromatic nitrogens is 2. The van der Waals surface area contributed by atoms with Crippen LogP contribution in [0.25, 0.3) is 10.9 Å². The zero-order chi connectivity index (χ0) is 13.9. The Labute approximate surface area is 114 Å². The van der Waals surface area contributed by atoms with E-state index >= 15 is 0 Å². The minimum absolute atomic E-state index is 0.0509. The summed E-state index contributed by atoms with van der Waals surface area (Å²) in [6.07, 6.45) is 1.59. The lowest BCUT2D eigenvalue weighted by Gasteiger charge is -2.05. The molecule has 98 valence electrons. The van der Waals surface area contributed by atoms with Gasteiger partial charge in [0.1, 0.15) is 22.8 Å². The fraction of sp³-hybridized carbons (Fsp3) is 0. The number of benzene rings is 1. The number of phenols is 1. The highest BCUT2D eigenvalue weighted by Gasteiger charge is 2.10. The summed E-state index contributed by atoms with van der Waals surface area (Å²) in [4.78, 5) is 20.3. The van der Waals surface area contributed by atoms with E-state index in [9.17, 15) is 9.90 Å². The molecule has 0 unspecified atom stereocenters. The smallest absolute Gasteiger partial charge is 0.275 e. The molecule has 0 aliphatic heterocycles. The Morgan fingerprint density at radius 1 is 1.05 bits per heavy atom. The minimum Gasteiger partial charge on any atom is -0.506 e. The number of para-hydroxylation sites is 1. The maximum atomic E-state index is 12.1. The summed E-state index contributed by atoms with van der Waals surface area (Å²) in [7, 11) is 0. The fourth-order valence-corrected chi connectivity index (χ4v) is 1.87. The molecule has 2 aromatic heterocycles. The minimum atomic E-state index is -0.367. The first kappa shape index (κ1) is 12.1. The molecule has 2 heterocycles. The average molecular weight is 265 g/mol. The third-order valence-corrected chi connectivity index (χ3v) is 2.84. The van der Waals surface area contributed by atoms with Crippen LogP contribution in [0.15, 0.2) is 54.7 Å². The summed E-state index contributed by atoms with van der Waals surface area (Å²) >= 11 is 0. The van der Waals surface area contributed by atoms with Gasteiger partial charge in [0.2, 0.25) is 0 Å². The number of amides is 1. The van der Waals surface area contributed by atoms with Gasteiger partial charge in [-0.15, -0.1) is 0 Å². The molecule has 2 N–H and O–H groups in total. The molecule has 1 amide bonds. The maximum absolute atomic E-state index is 12.1.